The van der Waals surface area contributed by atoms with Crippen LogP contribution in [0.3, 0.4) is 0 Å². The van der Waals surface area contributed by atoms with Crippen molar-refractivity contribution in [3.8, 4) is 5.75 Å². The van der Waals surface area contributed by atoms with E-state index in [1.165, 1.54) is 0 Å². The monoisotopic (exact) mass is 537 g/mol. The lowest BCUT2D eigenvalue weighted by molar-refractivity contribution is -0.136. The molecule has 1 saturated carbocycles. The molecule has 1 amide bonds. The lowest BCUT2D eigenvalue weighted by atomic mass is 9.59. The third kappa shape index (κ3) is 4.44. The van der Waals surface area contributed by atoms with Crippen LogP contribution in [0.15, 0.2) is 35.6 Å². The molecule has 204 valence electrons. The average molecular weight is 538 g/mol. The molecule has 10 nitrogen and oxygen atoms in total. The molecule has 37 heavy (non-hydrogen) atoms. The summed E-state index contributed by atoms with van der Waals surface area (Å²) in [6, 6.07) is 0.873. The number of nitrogens with two attached hydrogens (primary N) is 1. The van der Waals surface area contributed by atoms with Crippen LogP contribution in [-0.4, -0.2) is 81.8 Å². The van der Waals surface area contributed by atoms with E-state index in [4.69, 9.17) is 17.3 Å². The number of phenols is 1. The van der Waals surface area contributed by atoms with Crippen LogP contribution in [0.2, 0.25) is 5.02 Å². The van der Waals surface area contributed by atoms with Crippen molar-refractivity contribution >= 4 is 34.8 Å². The second kappa shape index (κ2) is 10.3. The summed E-state index contributed by atoms with van der Waals surface area (Å²) in [5, 5.41) is 33.5. The zero-order valence-corrected chi connectivity index (χ0v) is 21.7. The van der Waals surface area contributed by atoms with Gasteiger partial charge in [-0.3, -0.25) is 24.2 Å². The predicted octanol–water partition coefficient (Wildman–Crippen LogP) is 1.79. The van der Waals surface area contributed by atoms with Gasteiger partial charge in [0.1, 0.15) is 22.8 Å². The van der Waals surface area contributed by atoms with E-state index in [1.54, 1.807) is 31.1 Å². The fourth-order valence-electron chi connectivity index (χ4n) is 6.04. The van der Waals surface area contributed by atoms with Crippen LogP contribution in [0, 0.1) is 17.8 Å². The fraction of sp³-hybridized carbons (Fsp3) is 0.423. The van der Waals surface area contributed by atoms with Crippen LogP contribution < -0.4 is 5.73 Å². The third-order valence-corrected chi connectivity index (χ3v) is 7.81. The molecule has 3 unspecified atom stereocenters. The van der Waals surface area contributed by atoms with E-state index in [2.05, 4.69) is 6.58 Å². The van der Waals surface area contributed by atoms with Crippen molar-refractivity contribution in [3.05, 3.63) is 57.3 Å². The fourth-order valence-corrected chi connectivity index (χ4v) is 6.34. The Hall–Kier alpha value is -3.18. The van der Waals surface area contributed by atoms with Crippen LogP contribution in [0.25, 0.3) is 5.76 Å². The number of hydrogen-bond donors (Lipinski definition) is 4. The van der Waals surface area contributed by atoms with Gasteiger partial charge in [0, 0.05) is 32.1 Å². The number of hydrogen-bond acceptors (Lipinski definition) is 8. The molecular formula is C26H36ClN3O7. The van der Waals surface area contributed by atoms with Crippen LogP contribution in [0.4, 0.5) is 0 Å². The van der Waals surface area contributed by atoms with Gasteiger partial charge >= 0.3 is 0 Å². The zero-order valence-electron chi connectivity index (χ0n) is 20.9. The number of nitrogens with zero attached hydrogens (tertiary/aromatic N) is 2. The summed E-state index contributed by atoms with van der Waals surface area (Å²) < 4.78 is 0. The number of primary amides is 1. The number of aliphatic hydroxyl groups excluding tert-OH is 2. The van der Waals surface area contributed by atoms with E-state index < -0.39 is 58.4 Å². The number of allylic oxidation sites excluding steroid dienone is 1. The Morgan fingerprint density at radius 1 is 1.24 bits per heavy atom. The van der Waals surface area contributed by atoms with Crippen molar-refractivity contribution in [2.75, 3.05) is 27.7 Å². The van der Waals surface area contributed by atoms with Crippen molar-refractivity contribution in [2.24, 2.45) is 23.5 Å². The number of likely N-dealkylation sites (N-methyl/N-ethyl adjacent to an activating group) is 2. The van der Waals surface area contributed by atoms with E-state index in [9.17, 15) is 29.7 Å². The number of carbonyl (C=O) groups excluding carboxylic acids is 3. The quantitative estimate of drug-likeness (QED) is 0.241. The summed E-state index contributed by atoms with van der Waals surface area (Å²) in [7, 11) is 5.19. The van der Waals surface area contributed by atoms with E-state index >= 15 is 0 Å². The minimum absolute atomic E-state index is 0. The first kappa shape index (κ1) is 28.4. The van der Waals surface area contributed by atoms with Crippen molar-refractivity contribution in [3.63, 3.8) is 0 Å². The average Bonchev–Trinajstić information content (AvgIpc) is 2.76. The van der Waals surface area contributed by atoms with Crippen LogP contribution in [0.5, 0.6) is 5.75 Å². The number of Topliss-reactive ketones (excluding diaryl/α,β-unsaturated/α-hetero) is 2. The maximum Gasteiger partial charge on any atom is 0.255 e. The molecule has 11 heteroatoms. The first-order valence-electron chi connectivity index (χ1n) is 11.6. The van der Waals surface area contributed by atoms with E-state index in [1.807, 2.05) is 11.9 Å². The van der Waals surface area contributed by atoms with Gasteiger partial charge in [-0.2, -0.15) is 0 Å². The molecule has 0 spiro atoms. The lowest BCUT2D eigenvalue weighted by Gasteiger charge is -2.46. The Balaban J connectivity index is 0.00000253. The summed E-state index contributed by atoms with van der Waals surface area (Å²) in [5.74, 6) is -6.03. The molecule has 0 bridgehead atoms. The maximum atomic E-state index is 13.8. The SMILES string of the molecule is C=CCN(C)Cc1cc(Cl)c2c(c1O)C(O)=C1C(=O)C3C(=O)C(C(N)=O)=C(O)[C@H](N(C)C)C3CC1C2.O.[HH].[HH]. The number of carbonyl (C=O) groups is 3. The molecule has 3 aliphatic carbocycles. The minimum Gasteiger partial charge on any atom is -0.510 e. The summed E-state index contributed by atoms with van der Waals surface area (Å²) in [5.41, 5.74) is 5.91. The Morgan fingerprint density at radius 3 is 2.46 bits per heavy atom. The summed E-state index contributed by atoms with van der Waals surface area (Å²) in [6.45, 7) is 4.58. The van der Waals surface area contributed by atoms with E-state index in [-0.39, 0.29) is 38.1 Å². The second-order valence-electron chi connectivity index (χ2n) is 10.0. The first-order chi connectivity index (χ1) is 16.9. The molecule has 4 rings (SSSR count). The molecule has 1 fully saturated rings. The van der Waals surface area contributed by atoms with Gasteiger partial charge < -0.3 is 26.5 Å². The van der Waals surface area contributed by atoms with Crippen molar-refractivity contribution < 1.29 is 38.0 Å². The topological polar surface area (TPSA) is 176 Å². The molecule has 7 N–H and O–H groups in total. The number of benzene rings is 1. The van der Waals surface area contributed by atoms with Crippen molar-refractivity contribution in [1.29, 1.82) is 0 Å². The minimum atomic E-state index is -1.29. The molecule has 3 aliphatic rings. The first-order valence-corrected chi connectivity index (χ1v) is 12.0. The molecule has 4 atom stereocenters. The molecule has 0 radical (unpaired) electrons. The van der Waals surface area contributed by atoms with Gasteiger partial charge in [-0.05, 0) is 57.5 Å². The van der Waals surface area contributed by atoms with Gasteiger partial charge in [-0.15, -0.1) is 6.58 Å². The third-order valence-electron chi connectivity index (χ3n) is 7.47. The highest BCUT2D eigenvalue weighted by molar-refractivity contribution is 6.32. The van der Waals surface area contributed by atoms with Crippen molar-refractivity contribution in [2.45, 2.75) is 25.4 Å². The Bertz CT molecular complexity index is 1260. The van der Waals surface area contributed by atoms with Crippen LogP contribution in [-0.2, 0) is 27.3 Å². The number of phenolic OH excluding ortho intramolecular Hbond substituents is 1. The molecular weight excluding hydrogens is 502 g/mol. The summed E-state index contributed by atoms with van der Waals surface area (Å²) in [6.07, 6.45) is 2.26. The largest absolute Gasteiger partial charge is 0.510 e. The number of amides is 1. The highest BCUT2D eigenvalue weighted by Gasteiger charge is 2.55. The van der Waals surface area contributed by atoms with Gasteiger partial charge in [-0.25, -0.2) is 0 Å². The van der Waals surface area contributed by atoms with Gasteiger partial charge in [0.15, 0.2) is 11.6 Å². The predicted molar refractivity (Wildman–Crippen MR) is 142 cm³/mol. The van der Waals surface area contributed by atoms with Gasteiger partial charge in [-0.1, -0.05) is 17.7 Å². The number of aliphatic hydroxyl groups is 2. The Labute approximate surface area is 222 Å². The molecule has 0 aliphatic heterocycles. The van der Waals surface area contributed by atoms with Crippen LogP contribution >= 0.6 is 11.6 Å². The summed E-state index contributed by atoms with van der Waals surface area (Å²) in [4.78, 5) is 42.6. The van der Waals surface area contributed by atoms with Crippen molar-refractivity contribution in [1.82, 2.24) is 9.80 Å². The Morgan fingerprint density at radius 2 is 1.89 bits per heavy atom. The molecule has 0 heterocycles. The second-order valence-corrected chi connectivity index (χ2v) is 10.4. The Kier molecular flexibility index (Phi) is 7.90. The highest BCUT2D eigenvalue weighted by atomic mass is 35.5. The smallest absolute Gasteiger partial charge is 0.255 e. The van der Waals surface area contributed by atoms with Gasteiger partial charge in [0.25, 0.3) is 5.91 Å². The molecule has 1 aromatic rings. The number of rotatable bonds is 6. The molecule has 0 aromatic heterocycles. The maximum absolute atomic E-state index is 13.8. The standard InChI is InChI=1S/C26H30ClN3O6.H2O.2H2/c1-5-6-30(4)10-12-9-15(27)13-7-11-8-14-18(23(33)16(11)22(32)17(13)21(12)31)24(34)19(26(28)36)25(35)20(14)29(2)3;;;/h5,9,11,14,18,20,31-32,35H,1,6-8,10H2,2-4H3,(H2,28,36);1H2;2*1H/t11?,14?,18?,20-;;;/m1.../s1. The molecule has 1 aromatic carbocycles. The highest BCUT2D eigenvalue weighted by Crippen LogP contribution is 2.51. The lowest BCUT2D eigenvalue weighted by Crippen LogP contribution is -2.55. The van der Waals surface area contributed by atoms with E-state index in [0.29, 0.717) is 29.2 Å². The number of aromatic hydroxyl groups is 1. The summed E-state index contributed by atoms with van der Waals surface area (Å²) >= 11 is 6.60. The number of fused-ring (bicyclic) bond motifs is 3. The molecule has 0 saturated heterocycles. The van der Waals surface area contributed by atoms with Gasteiger partial charge in [0.05, 0.1) is 17.5 Å². The number of ketones is 2. The zero-order chi connectivity index (χ0) is 26.6. The number of halogens is 1. The van der Waals surface area contributed by atoms with Gasteiger partial charge in [0.2, 0.25) is 0 Å². The normalized spacial score (nSPS) is 25.0. The van der Waals surface area contributed by atoms with E-state index in [0.717, 1.165) is 0 Å². The van der Waals surface area contributed by atoms with Crippen LogP contribution in [0.1, 0.15) is 26.0 Å².